The lowest BCUT2D eigenvalue weighted by atomic mass is 10.1. The van der Waals surface area contributed by atoms with Crippen molar-refractivity contribution in [3.8, 4) is 18.1 Å². The van der Waals surface area contributed by atoms with Crippen molar-refractivity contribution in [2.45, 2.75) is 19.4 Å². The highest BCUT2D eigenvalue weighted by atomic mass is 16.4. The van der Waals surface area contributed by atoms with E-state index in [0.717, 1.165) is 5.56 Å². The topological polar surface area (TPSA) is 83.5 Å². The van der Waals surface area contributed by atoms with Gasteiger partial charge >= 0.3 is 5.97 Å². The molecule has 4 heteroatoms. The van der Waals surface area contributed by atoms with Crippen LogP contribution in [0.3, 0.4) is 0 Å². The molecular weight excluding hydrogens is 206 g/mol. The van der Waals surface area contributed by atoms with Crippen molar-refractivity contribution in [2.24, 2.45) is 5.73 Å². The summed E-state index contributed by atoms with van der Waals surface area (Å²) in [6.45, 7) is 1.65. The van der Waals surface area contributed by atoms with E-state index in [-0.39, 0.29) is 12.2 Å². The molecule has 0 radical (unpaired) electrons. The highest BCUT2D eigenvalue weighted by Crippen LogP contribution is 2.10. The van der Waals surface area contributed by atoms with Crippen molar-refractivity contribution in [1.82, 2.24) is 0 Å². The van der Waals surface area contributed by atoms with Gasteiger partial charge in [-0.15, -0.1) is 12.3 Å². The van der Waals surface area contributed by atoms with Gasteiger partial charge in [0.1, 0.15) is 11.8 Å². The number of phenols is 1. The van der Waals surface area contributed by atoms with E-state index >= 15 is 0 Å². The van der Waals surface area contributed by atoms with Gasteiger partial charge in [-0.25, -0.2) is 0 Å². The number of aromatic hydroxyl groups is 1. The Morgan fingerprint density at radius 1 is 1.50 bits per heavy atom. The summed E-state index contributed by atoms with van der Waals surface area (Å²) in [5.41, 5.74) is 6.12. The third kappa shape index (κ3) is 5.68. The van der Waals surface area contributed by atoms with Crippen LogP contribution in [0.1, 0.15) is 12.5 Å². The predicted octanol–water partition coefficient (Wildman–Crippen LogP) is 0.986. The second-order valence-electron chi connectivity index (χ2n) is 3.10. The number of benzene rings is 1. The summed E-state index contributed by atoms with van der Waals surface area (Å²) in [5, 5.41) is 17.5. The molecule has 1 aromatic carbocycles. The van der Waals surface area contributed by atoms with Crippen LogP contribution >= 0.6 is 0 Å². The van der Waals surface area contributed by atoms with Crippen LogP contribution in [0.2, 0.25) is 0 Å². The van der Waals surface area contributed by atoms with Crippen molar-refractivity contribution >= 4 is 5.97 Å². The Balaban J connectivity index is 0.000000673. The second-order valence-corrected chi connectivity index (χ2v) is 3.10. The van der Waals surface area contributed by atoms with Gasteiger partial charge in [0.2, 0.25) is 0 Å². The number of nitrogens with two attached hydrogens (primary N) is 1. The highest BCUT2D eigenvalue weighted by Gasteiger charge is 2.11. The number of carboxylic acids is 1. The van der Waals surface area contributed by atoms with Gasteiger partial charge in [-0.3, -0.25) is 4.79 Å². The summed E-state index contributed by atoms with van der Waals surface area (Å²) in [6.07, 6.45) is 4.87. The van der Waals surface area contributed by atoms with E-state index in [1.54, 1.807) is 19.1 Å². The molecule has 0 saturated heterocycles. The van der Waals surface area contributed by atoms with Crippen LogP contribution < -0.4 is 5.73 Å². The molecule has 0 heterocycles. The molecule has 0 saturated carbocycles. The Morgan fingerprint density at radius 3 is 2.31 bits per heavy atom. The maximum atomic E-state index is 10.4. The number of carbonyl (C=O) groups is 1. The lowest BCUT2D eigenvalue weighted by Gasteiger charge is -2.05. The monoisotopic (exact) mass is 221 g/mol. The van der Waals surface area contributed by atoms with Crippen molar-refractivity contribution in [1.29, 1.82) is 0 Å². The molecule has 1 atom stereocenters. The second kappa shape index (κ2) is 7.32. The first-order chi connectivity index (χ1) is 7.51. The fourth-order valence-corrected chi connectivity index (χ4v) is 0.973. The number of rotatable bonds is 3. The lowest BCUT2D eigenvalue weighted by molar-refractivity contribution is -0.138. The van der Waals surface area contributed by atoms with Gasteiger partial charge in [-0.1, -0.05) is 12.1 Å². The third-order valence-electron chi connectivity index (χ3n) is 1.71. The summed E-state index contributed by atoms with van der Waals surface area (Å²) in [5.74, 6) is 1.39. The Bertz CT molecular complexity index is 365. The molecule has 0 spiro atoms. The molecule has 86 valence electrons. The number of hydrogen-bond donors (Lipinski definition) is 3. The molecule has 16 heavy (non-hydrogen) atoms. The van der Waals surface area contributed by atoms with E-state index in [2.05, 4.69) is 12.3 Å². The third-order valence-corrected chi connectivity index (χ3v) is 1.71. The first-order valence-electron chi connectivity index (χ1n) is 4.65. The van der Waals surface area contributed by atoms with Crippen molar-refractivity contribution in [3.05, 3.63) is 29.8 Å². The Hall–Kier alpha value is -1.99. The minimum absolute atomic E-state index is 0.160. The molecule has 0 aromatic heterocycles. The number of carboxylic acid groups (broad SMARTS) is 1. The lowest BCUT2D eigenvalue weighted by Crippen LogP contribution is -2.32. The molecule has 1 unspecified atom stereocenters. The molecule has 0 aliphatic carbocycles. The number of phenolic OH excluding ortho intramolecular Hbond substituents is 1. The van der Waals surface area contributed by atoms with E-state index in [0.29, 0.717) is 0 Å². The van der Waals surface area contributed by atoms with Gasteiger partial charge in [-0.2, -0.15) is 0 Å². The quantitative estimate of drug-likeness (QED) is 0.664. The largest absolute Gasteiger partial charge is 0.508 e. The zero-order valence-electron chi connectivity index (χ0n) is 9.05. The average Bonchev–Trinajstić information content (AvgIpc) is 2.22. The van der Waals surface area contributed by atoms with Crippen LogP contribution in [0.25, 0.3) is 0 Å². The van der Waals surface area contributed by atoms with Crippen LogP contribution in [0.4, 0.5) is 0 Å². The van der Waals surface area contributed by atoms with E-state index < -0.39 is 12.0 Å². The van der Waals surface area contributed by atoms with Crippen molar-refractivity contribution in [2.75, 3.05) is 0 Å². The van der Waals surface area contributed by atoms with Crippen LogP contribution in [0.15, 0.2) is 24.3 Å². The van der Waals surface area contributed by atoms with Gasteiger partial charge in [-0.05, 0) is 31.0 Å². The van der Waals surface area contributed by atoms with E-state index in [4.69, 9.17) is 15.9 Å². The first-order valence-corrected chi connectivity index (χ1v) is 4.65. The predicted molar refractivity (Wildman–Crippen MR) is 61.9 cm³/mol. The zero-order chi connectivity index (χ0) is 12.6. The van der Waals surface area contributed by atoms with Crippen LogP contribution in [-0.2, 0) is 11.2 Å². The Labute approximate surface area is 94.7 Å². The smallest absolute Gasteiger partial charge is 0.320 e. The standard InChI is InChI=1S/C9H11NO3.C3H4/c10-8(9(12)13)5-6-1-3-7(11)4-2-6;1-3-2/h1-4,8,11H,5,10H2,(H,12,13);1H,2H3. The van der Waals surface area contributed by atoms with Crippen molar-refractivity contribution in [3.63, 3.8) is 0 Å². The van der Waals surface area contributed by atoms with Crippen LogP contribution in [-0.4, -0.2) is 22.2 Å². The average molecular weight is 221 g/mol. The summed E-state index contributed by atoms with van der Waals surface area (Å²) in [4.78, 5) is 10.4. The van der Waals surface area contributed by atoms with Gasteiger partial charge in [0.05, 0.1) is 0 Å². The van der Waals surface area contributed by atoms with E-state index in [1.165, 1.54) is 12.1 Å². The molecular formula is C12H15NO3. The highest BCUT2D eigenvalue weighted by molar-refractivity contribution is 5.73. The molecule has 0 bridgehead atoms. The van der Waals surface area contributed by atoms with Gasteiger partial charge in [0, 0.05) is 0 Å². The molecule has 0 aliphatic rings. The molecule has 4 N–H and O–H groups in total. The maximum Gasteiger partial charge on any atom is 0.320 e. The molecule has 1 rings (SSSR count). The number of hydrogen-bond acceptors (Lipinski definition) is 3. The van der Waals surface area contributed by atoms with Gasteiger partial charge in [0.25, 0.3) is 0 Å². The zero-order valence-corrected chi connectivity index (χ0v) is 9.05. The summed E-state index contributed by atoms with van der Waals surface area (Å²) < 4.78 is 0. The molecule has 0 aliphatic heterocycles. The Kier molecular flexibility index (Phi) is 6.41. The summed E-state index contributed by atoms with van der Waals surface area (Å²) in [6, 6.07) is 5.42. The molecule has 0 fully saturated rings. The summed E-state index contributed by atoms with van der Waals surface area (Å²) >= 11 is 0. The normalized spacial score (nSPS) is 10.6. The summed E-state index contributed by atoms with van der Waals surface area (Å²) in [7, 11) is 0. The fourth-order valence-electron chi connectivity index (χ4n) is 0.973. The molecule has 0 amide bonds. The van der Waals surface area contributed by atoms with E-state index in [9.17, 15) is 4.79 Å². The minimum atomic E-state index is -1.02. The maximum absolute atomic E-state index is 10.4. The SMILES string of the molecule is C#CC.NC(Cc1ccc(O)cc1)C(=O)O. The molecule has 4 nitrogen and oxygen atoms in total. The fraction of sp³-hybridized carbons (Fsp3) is 0.250. The van der Waals surface area contributed by atoms with Crippen LogP contribution in [0.5, 0.6) is 5.75 Å². The van der Waals surface area contributed by atoms with Gasteiger partial charge < -0.3 is 15.9 Å². The van der Waals surface area contributed by atoms with Crippen molar-refractivity contribution < 1.29 is 15.0 Å². The number of terminal acetylenes is 1. The minimum Gasteiger partial charge on any atom is -0.508 e. The number of aliphatic carboxylic acids is 1. The van der Waals surface area contributed by atoms with E-state index in [1.807, 2.05) is 0 Å². The first kappa shape index (κ1) is 14.0. The Morgan fingerprint density at radius 2 is 1.94 bits per heavy atom. The van der Waals surface area contributed by atoms with Crippen LogP contribution in [0, 0.1) is 12.3 Å². The van der Waals surface area contributed by atoms with Gasteiger partial charge in [0.15, 0.2) is 0 Å². The molecule has 1 aromatic rings.